The molecular formula is C26H29N3O. The number of aromatic nitrogens is 2. The van der Waals surface area contributed by atoms with Gasteiger partial charge in [0.2, 0.25) is 0 Å². The molecule has 154 valence electrons. The van der Waals surface area contributed by atoms with Gasteiger partial charge in [-0.3, -0.25) is 4.90 Å². The van der Waals surface area contributed by atoms with Crippen LogP contribution in [0.15, 0.2) is 60.6 Å². The third kappa shape index (κ3) is 3.80. The number of hydrogen-bond donors (Lipinski definition) is 0. The Morgan fingerprint density at radius 3 is 2.60 bits per heavy atom. The van der Waals surface area contributed by atoms with Gasteiger partial charge in [-0.2, -0.15) is 0 Å². The van der Waals surface area contributed by atoms with E-state index in [0.717, 1.165) is 23.7 Å². The predicted octanol–water partition coefficient (Wildman–Crippen LogP) is 4.84. The van der Waals surface area contributed by atoms with Crippen LogP contribution in [-0.2, 0) is 12.8 Å². The lowest BCUT2D eigenvalue weighted by Gasteiger charge is -2.33. The minimum Gasteiger partial charge on any atom is -0.495 e. The fourth-order valence-corrected chi connectivity index (χ4v) is 4.94. The minimum atomic E-state index is 0.646. The molecule has 30 heavy (non-hydrogen) atoms. The number of benzene rings is 2. The Bertz CT molecular complexity index is 1060. The lowest BCUT2D eigenvalue weighted by atomic mass is 9.99. The van der Waals surface area contributed by atoms with E-state index < -0.39 is 0 Å². The zero-order valence-electron chi connectivity index (χ0n) is 17.8. The first-order chi connectivity index (χ1) is 14.7. The van der Waals surface area contributed by atoms with Crippen molar-refractivity contribution in [2.24, 2.45) is 0 Å². The molecule has 1 saturated heterocycles. The molecular weight excluding hydrogens is 370 g/mol. The fraction of sp³-hybridized carbons (Fsp3) is 0.346. The van der Waals surface area contributed by atoms with Crippen LogP contribution in [0.5, 0.6) is 5.75 Å². The van der Waals surface area contributed by atoms with E-state index >= 15 is 0 Å². The molecule has 2 aromatic carbocycles. The van der Waals surface area contributed by atoms with Gasteiger partial charge < -0.3 is 9.30 Å². The molecule has 5 rings (SSSR count). The third-order valence-corrected chi connectivity index (χ3v) is 6.46. The van der Waals surface area contributed by atoms with Gasteiger partial charge in [0.05, 0.1) is 24.8 Å². The Morgan fingerprint density at radius 1 is 1.10 bits per heavy atom. The fourth-order valence-electron chi connectivity index (χ4n) is 4.94. The van der Waals surface area contributed by atoms with E-state index in [1.165, 1.54) is 54.5 Å². The normalized spacial score (nSPS) is 18.7. The Balaban J connectivity index is 1.33. The SMILES string of the molecule is COc1cc(/C=C2\CCCN(C3Cc4ccccc4C3)C2)ccc1-n1cnc(C)c1. The van der Waals surface area contributed by atoms with Gasteiger partial charge in [-0.15, -0.1) is 0 Å². The highest BCUT2D eigenvalue weighted by Gasteiger charge is 2.28. The van der Waals surface area contributed by atoms with Gasteiger partial charge >= 0.3 is 0 Å². The number of hydrogen-bond acceptors (Lipinski definition) is 3. The molecule has 4 nitrogen and oxygen atoms in total. The summed E-state index contributed by atoms with van der Waals surface area (Å²) in [5.41, 5.74) is 7.82. The summed E-state index contributed by atoms with van der Waals surface area (Å²) in [5.74, 6) is 0.876. The molecule has 2 heterocycles. The zero-order chi connectivity index (χ0) is 20.5. The summed E-state index contributed by atoms with van der Waals surface area (Å²) in [6.07, 6.45) is 11.0. The average molecular weight is 400 g/mol. The Labute approximate surface area is 178 Å². The van der Waals surface area contributed by atoms with Gasteiger partial charge in [0.1, 0.15) is 5.75 Å². The molecule has 1 aliphatic heterocycles. The molecule has 0 unspecified atom stereocenters. The Hall–Kier alpha value is -2.85. The number of nitrogens with zero attached hydrogens (tertiary/aromatic N) is 3. The lowest BCUT2D eigenvalue weighted by Crippen LogP contribution is -2.40. The molecule has 2 aliphatic rings. The highest BCUT2D eigenvalue weighted by molar-refractivity contribution is 5.60. The van der Waals surface area contributed by atoms with Gasteiger partial charge in [-0.1, -0.05) is 42.0 Å². The second-order valence-corrected chi connectivity index (χ2v) is 8.56. The van der Waals surface area contributed by atoms with E-state index in [9.17, 15) is 0 Å². The first-order valence-electron chi connectivity index (χ1n) is 10.9. The molecule has 1 aromatic heterocycles. The summed E-state index contributed by atoms with van der Waals surface area (Å²) in [5, 5.41) is 0. The molecule has 1 fully saturated rings. The highest BCUT2D eigenvalue weighted by atomic mass is 16.5. The standard InChI is InChI=1S/C26H29N3O/c1-19-16-29(18-27-19)25-10-9-20(13-26(25)30-2)12-21-6-5-11-28(17-21)24-14-22-7-3-4-8-23(22)15-24/h3-4,7-10,12-13,16,18,24H,5-6,11,14-15,17H2,1-2H3/b21-12+. The zero-order valence-corrected chi connectivity index (χ0v) is 17.8. The third-order valence-electron chi connectivity index (χ3n) is 6.46. The Morgan fingerprint density at radius 2 is 1.90 bits per heavy atom. The van der Waals surface area contributed by atoms with Crippen LogP contribution in [0.1, 0.15) is 35.2 Å². The summed E-state index contributed by atoms with van der Waals surface area (Å²) in [6, 6.07) is 16.0. The summed E-state index contributed by atoms with van der Waals surface area (Å²) in [4.78, 5) is 7.03. The largest absolute Gasteiger partial charge is 0.495 e. The minimum absolute atomic E-state index is 0.646. The highest BCUT2D eigenvalue weighted by Crippen LogP contribution is 2.30. The molecule has 4 heteroatoms. The van der Waals surface area contributed by atoms with Crippen molar-refractivity contribution in [1.82, 2.24) is 14.5 Å². The molecule has 0 N–H and O–H groups in total. The number of ether oxygens (including phenoxy) is 1. The summed E-state index contributed by atoms with van der Waals surface area (Å²) in [7, 11) is 1.74. The van der Waals surface area contributed by atoms with Crippen LogP contribution in [0.25, 0.3) is 11.8 Å². The van der Waals surface area contributed by atoms with Crippen molar-refractivity contribution in [2.45, 2.75) is 38.6 Å². The van der Waals surface area contributed by atoms with Crippen molar-refractivity contribution in [1.29, 1.82) is 0 Å². The van der Waals surface area contributed by atoms with Crippen LogP contribution >= 0.6 is 0 Å². The van der Waals surface area contributed by atoms with Crippen LogP contribution in [-0.4, -0.2) is 40.7 Å². The molecule has 0 saturated carbocycles. The maximum atomic E-state index is 5.69. The van der Waals surface area contributed by atoms with Gasteiger partial charge in [0.25, 0.3) is 0 Å². The molecule has 0 spiro atoms. The molecule has 0 bridgehead atoms. The van der Waals surface area contributed by atoms with Crippen LogP contribution in [0, 0.1) is 6.92 Å². The first kappa shape index (κ1) is 19.1. The van der Waals surface area contributed by atoms with Gasteiger partial charge in [-0.05, 0) is 68.0 Å². The summed E-state index contributed by atoms with van der Waals surface area (Å²) < 4.78 is 7.71. The maximum absolute atomic E-state index is 5.69. The lowest BCUT2D eigenvalue weighted by molar-refractivity contribution is 0.197. The van der Waals surface area contributed by atoms with Crippen LogP contribution in [0.4, 0.5) is 0 Å². The Kier molecular flexibility index (Phi) is 5.17. The van der Waals surface area contributed by atoms with Gasteiger partial charge in [-0.25, -0.2) is 4.98 Å². The van der Waals surface area contributed by atoms with Crippen molar-refractivity contribution in [3.8, 4) is 11.4 Å². The summed E-state index contributed by atoms with van der Waals surface area (Å²) >= 11 is 0. The number of imidazole rings is 1. The van der Waals surface area contributed by atoms with E-state index in [2.05, 4.69) is 58.4 Å². The smallest absolute Gasteiger partial charge is 0.143 e. The topological polar surface area (TPSA) is 30.3 Å². The van der Waals surface area contributed by atoms with Crippen molar-refractivity contribution in [2.75, 3.05) is 20.2 Å². The number of rotatable bonds is 4. The molecule has 3 aromatic rings. The van der Waals surface area contributed by atoms with Gasteiger partial charge in [0.15, 0.2) is 0 Å². The van der Waals surface area contributed by atoms with E-state index in [1.54, 1.807) is 7.11 Å². The number of methoxy groups -OCH3 is 1. The summed E-state index contributed by atoms with van der Waals surface area (Å²) in [6.45, 7) is 4.28. The average Bonchev–Trinajstić information content (AvgIpc) is 3.40. The number of aryl methyl sites for hydroxylation is 1. The monoisotopic (exact) mass is 399 g/mol. The van der Waals surface area contributed by atoms with E-state index in [-0.39, 0.29) is 0 Å². The molecule has 1 aliphatic carbocycles. The van der Waals surface area contributed by atoms with Gasteiger partial charge in [0, 0.05) is 18.8 Å². The number of piperidine rings is 1. The van der Waals surface area contributed by atoms with Crippen LogP contribution < -0.4 is 4.74 Å². The van der Waals surface area contributed by atoms with Crippen molar-refractivity contribution in [3.05, 3.63) is 82.9 Å². The van der Waals surface area contributed by atoms with Crippen LogP contribution in [0.3, 0.4) is 0 Å². The maximum Gasteiger partial charge on any atom is 0.143 e. The first-order valence-corrected chi connectivity index (χ1v) is 10.9. The van der Waals surface area contributed by atoms with E-state index in [0.29, 0.717) is 6.04 Å². The second-order valence-electron chi connectivity index (χ2n) is 8.56. The van der Waals surface area contributed by atoms with Crippen molar-refractivity contribution < 1.29 is 4.74 Å². The van der Waals surface area contributed by atoms with Crippen molar-refractivity contribution >= 4 is 6.08 Å². The van der Waals surface area contributed by atoms with E-state index in [4.69, 9.17) is 4.74 Å². The predicted molar refractivity (Wildman–Crippen MR) is 121 cm³/mol. The molecule has 0 atom stereocenters. The second kappa shape index (κ2) is 8.11. The number of fused-ring (bicyclic) bond motifs is 1. The quantitative estimate of drug-likeness (QED) is 0.629. The van der Waals surface area contributed by atoms with Crippen molar-refractivity contribution in [3.63, 3.8) is 0 Å². The number of likely N-dealkylation sites (tertiary alicyclic amines) is 1. The molecule has 0 amide bonds. The molecule has 0 radical (unpaired) electrons. The van der Waals surface area contributed by atoms with E-state index in [1.807, 2.05) is 24.0 Å². The van der Waals surface area contributed by atoms with Crippen LogP contribution in [0.2, 0.25) is 0 Å².